The van der Waals surface area contributed by atoms with Gasteiger partial charge in [0.1, 0.15) is 11.5 Å². The first-order valence-electron chi connectivity index (χ1n) is 6.63. The molecule has 0 aromatic carbocycles. The molecule has 8 heteroatoms. The number of rotatable bonds is 1. The molecule has 1 saturated heterocycles. The molecule has 0 N–H and O–H groups in total. The third-order valence-corrected chi connectivity index (χ3v) is 4.01. The first kappa shape index (κ1) is 16.2. The van der Waals surface area contributed by atoms with Gasteiger partial charge in [-0.1, -0.05) is 0 Å². The minimum absolute atomic E-state index is 0.0695. The van der Waals surface area contributed by atoms with Crippen LogP contribution in [0.5, 0.6) is 0 Å². The third kappa shape index (κ3) is 2.79. The summed E-state index contributed by atoms with van der Waals surface area (Å²) in [5.74, 6) is 0.0695. The van der Waals surface area contributed by atoms with Gasteiger partial charge in [-0.2, -0.15) is 13.2 Å². The maximum absolute atomic E-state index is 13.2. The normalized spacial score (nSPS) is 20.9. The predicted octanol–water partition coefficient (Wildman–Crippen LogP) is 2.41. The zero-order chi connectivity index (χ0) is 16.2. The second-order valence-electron chi connectivity index (χ2n) is 6.20. The van der Waals surface area contributed by atoms with Gasteiger partial charge in [-0.15, -0.1) is 0 Å². The van der Waals surface area contributed by atoms with Crippen molar-refractivity contribution in [3.8, 4) is 0 Å². The van der Waals surface area contributed by atoms with Crippen LogP contribution in [0.15, 0.2) is 0 Å². The molecule has 0 unspecified atom stereocenters. The largest absolute Gasteiger partial charge is 0.498 e. The maximum atomic E-state index is 13.2. The zero-order valence-electron chi connectivity index (χ0n) is 12.9. The molecule has 0 spiro atoms. The molecule has 116 valence electrons. The molecule has 0 radical (unpaired) electrons. The highest BCUT2D eigenvalue weighted by atomic mass is 19.4. The molecule has 0 saturated carbocycles. The van der Waals surface area contributed by atoms with Crippen LogP contribution in [0.25, 0.3) is 0 Å². The van der Waals surface area contributed by atoms with Crippen LogP contribution in [0, 0.1) is 13.8 Å². The molecule has 0 bridgehead atoms. The number of hydrogen-bond acceptors (Lipinski definition) is 4. The van der Waals surface area contributed by atoms with E-state index in [1.54, 1.807) is 27.7 Å². The van der Waals surface area contributed by atoms with Crippen molar-refractivity contribution in [2.45, 2.75) is 58.9 Å². The average molecular weight is 302 g/mol. The molecule has 1 aliphatic heterocycles. The molecular formula is C13H18BF3N2O2. The highest BCUT2D eigenvalue weighted by Gasteiger charge is 2.54. The molecule has 21 heavy (non-hydrogen) atoms. The summed E-state index contributed by atoms with van der Waals surface area (Å²) in [6.07, 6.45) is -4.59. The first-order chi connectivity index (χ1) is 9.35. The van der Waals surface area contributed by atoms with Gasteiger partial charge in [0.2, 0.25) is 0 Å². The van der Waals surface area contributed by atoms with E-state index >= 15 is 0 Å². The van der Waals surface area contributed by atoms with Gasteiger partial charge in [0.15, 0.2) is 0 Å². The summed E-state index contributed by atoms with van der Waals surface area (Å²) in [6.45, 7) is 10.1. The van der Waals surface area contributed by atoms with Gasteiger partial charge < -0.3 is 9.31 Å². The van der Waals surface area contributed by atoms with E-state index in [-0.39, 0.29) is 17.0 Å². The van der Waals surface area contributed by atoms with Gasteiger partial charge in [-0.3, -0.25) is 0 Å². The fourth-order valence-corrected chi connectivity index (χ4v) is 2.18. The Hall–Kier alpha value is -1.15. The Balaban J connectivity index is 2.56. The Morgan fingerprint density at radius 3 is 1.86 bits per heavy atom. The van der Waals surface area contributed by atoms with E-state index in [0.29, 0.717) is 0 Å². The van der Waals surface area contributed by atoms with E-state index < -0.39 is 30.2 Å². The number of aryl methyl sites for hydroxylation is 2. The lowest BCUT2D eigenvalue weighted by molar-refractivity contribution is -0.140. The zero-order valence-corrected chi connectivity index (χ0v) is 12.9. The maximum Gasteiger partial charge on any atom is 0.498 e. The minimum atomic E-state index is -4.59. The van der Waals surface area contributed by atoms with Crippen LogP contribution in [-0.4, -0.2) is 28.3 Å². The Morgan fingerprint density at radius 2 is 1.43 bits per heavy atom. The highest BCUT2D eigenvalue weighted by Crippen LogP contribution is 2.38. The Kier molecular flexibility index (Phi) is 3.61. The number of hydrogen-bond donors (Lipinski definition) is 0. The molecule has 1 aromatic rings. The van der Waals surface area contributed by atoms with Crippen LogP contribution in [0.1, 0.15) is 44.9 Å². The van der Waals surface area contributed by atoms with Gasteiger partial charge in [-0.25, -0.2) is 9.97 Å². The summed E-state index contributed by atoms with van der Waals surface area (Å²) in [4.78, 5) is 7.57. The van der Waals surface area contributed by atoms with Gasteiger partial charge in [-0.05, 0) is 41.5 Å². The Bertz CT molecular complexity index is 557. The SMILES string of the molecule is Cc1nc(C)c(B2OC(C)(C)C(C)(C)O2)c(C(F)(F)F)n1. The molecule has 0 aliphatic carbocycles. The van der Waals surface area contributed by atoms with E-state index in [2.05, 4.69) is 9.97 Å². The van der Waals surface area contributed by atoms with Gasteiger partial charge >= 0.3 is 13.3 Å². The minimum Gasteiger partial charge on any atom is -0.399 e. The fraction of sp³-hybridized carbons (Fsp3) is 0.692. The van der Waals surface area contributed by atoms with Crippen molar-refractivity contribution in [2.75, 3.05) is 0 Å². The standard InChI is InChI=1S/C13H18BF3N2O2/c1-7-9(10(13(15,16)17)19-8(2)18-7)14-20-11(3,4)12(5,6)21-14/h1-6H3. The Morgan fingerprint density at radius 1 is 0.952 bits per heavy atom. The van der Waals surface area contributed by atoms with Gasteiger partial charge in [0.25, 0.3) is 0 Å². The van der Waals surface area contributed by atoms with Crippen LogP contribution in [0.3, 0.4) is 0 Å². The lowest BCUT2D eigenvalue weighted by atomic mass is 9.76. The van der Waals surface area contributed by atoms with Crippen molar-refractivity contribution in [1.29, 1.82) is 0 Å². The molecular weight excluding hydrogens is 284 g/mol. The van der Waals surface area contributed by atoms with E-state index in [1.165, 1.54) is 13.8 Å². The van der Waals surface area contributed by atoms with E-state index in [4.69, 9.17) is 9.31 Å². The third-order valence-electron chi connectivity index (χ3n) is 4.01. The highest BCUT2D eigenvalue weighted by molar-refractivity contribution is 6.63. The quantitative estimate of drug-likeness (QED) is 0.747. The van der Waals surface area contributed by atoms with E-state index in [1.807, 2.05) is 0 Å². The summed E-state index contributed by atoms with van der Waals surface area (Å²) >= 11 is 0. The molecule has 0 atom stereocenters. The summed E-state index contributed by atoms with van der Waals surface area (Å²) in [7, 11) is -1.13. The van der Waals surface area contributed by atoms with Crippen LogP contribution in [0.4, 0.5) is 13.2 Å². The van der Waals surface area contributed by atoms with E-state index in [0.717, 1.165) is 0 Å². The monoisotopic (exact) mass is 302 g/mol. The molecule has 0 amide bonds. The summed E-state index contributed by atoms with van der Waals surface area (Å²) in [5.41, 5.74) is -2.37. The van der Waals surface area contributed by atoms with Gasteiger partial charge in [0, 0.05) is 11.2 Å². The second-order valence-corrected chi connectivity index (χ2v) is 6.20. The number of alkyl halides is 3. The summed E-state index contributed by atoms with van der Waals surface area (Å²) in [5, 5.41) is 0. The Labute approximate surface area is 122 Å². The summed E-state index contributed by atoms with van der Waals surface area (Å²) in [6, 6.07) is 0. The van der Waals surface area contributed by atoms with Gasteiger partial charge in [0.05, 0.1) is 11.2 Å². The van der Waals surface area contributed by atoms with Crippen molar-refractivity contribution in [1.82, 2.24) is 9.97 Å². The topological polar surface area (TPSA) is 44.2 Å². The fourth-order valence-electron chi connectivity index (χ4n) is 2.18. The van der Waals surface area contributed by atoms with Crippen LogP contribution in [0.2, 0.25) is 0 Å². The van der Waals surface area contributed by atoms with Crippen molar-refractivity contribution in [2.24, 2.45) is 0 Å². The number of nitrogens with zero attached hydrogens (tertiary/aromatic N) is 2. The smallest absolute Gasteiger partial charge is 0.399 e. The predicted molar refractivity (Wildman–Crippen MR) is 72.2 cm³/mol. The molecule has 1 aromatic heterocycles. The second kappa shape index (κ2) is 4.68. The lowest BCUT2D eigenvalue weighted by Crippen LogP contribution is -2.42. The molecule has 2 heterocycles. The van der Waals surface area contributed by atoms with Crippen molar-refractivity contribution in [3.63, 3.8) is 0 Å². The van der Waals surface area contributed by atoms with Crippen molar-refractivity contribution < 1.29 is 22.5 Å². The molecule has 1 aliphatic rings. The average Bonchev–Trinajstić information content (AvgIpc) is 2.44. The van der Waals surface area contributed by atoms with E-state index in [9.17, 15) is 13.2 Å². The van der Waals surface area contributed by atoms with Crippen molar-refractivity contribution in [3.05, 3.63) is 17.2 Å². The summed E-state index contributed by atoms with van der Waals surface area (Å²) < 4.78 is 51.1. The molecule has 2 rings (SSSR count). The van der Waals surface area contributed by atoms with Crippen LogP contribution in [-0.2, 0) is 15.5 Å². The van der Waals surface area contributed by atoms with Crippen LogP contribution < -0.4 is 5.46 Å². The number of halogens is 3. The van der Waals surface area contributed by atoms with Crippen LogP contribution >= 0.6 is 0 Å². The molecule has 1 fully saturated rings. The molecule has 4 nitrogen and oxygen atoms in total. The lowest BCUT2D eigenvalue weighted by Gasteiger charge is -2.32. The first-order valence-corrected chi connectivity index (χ1v) is 6.63. The number of aromatic nitrogens is 2. The van der Waals surface area contributed by atoms with Crippen molar-refractivity contribution >= 4 is 12.6 Å².